The largest absolute Gasteiger partial charge is 0.349 e. The summed E-state index contributed by atoms with van der Waals surface area (Å²) in [7, 11) is 0. The highest BCUT2D eigenvalue weighted by molar-refractivity contribution is 6.33. The Bertz CT molecular complexity index is 430. The number of carbonyl (C=O) groups is 1. The van der Waals surface area contributed by atoms with Gasteiger partial charge >= 0.3 is 0 Å². The summed E-state index contributed by atoms with van der Waals surface area (Å²) in [6.07, 6.45) is 10.4. The molecule has 1 N–H and O–H groups in total. The van der Waals surface area contributed by atoms with Gasteiger partial charge in [0.15, 0.2) is 0 Å². The molecule has 1 heterocycles. The van der Waals surface area contributed by atoms with Gasteiger partial charge in [-0.05, 0) is 31.2 Å². The van der Waals surface area contributed by atoms with Crippen LogP contribution in [0.2, 0.25) is 5.02 Å². The molecule has 1 atom stereocenters. The fourth-order valence-corrected chi connectivity index (χ4v) is 3.10. The highest BCUT2D eigenvalue weighted by atomic mass is 35.5. The van der Waals surface area contributed by atoms with E-state index in [0.29, 0.717) is 16.5 Å². The van der Waals surface area contributed by atoms with Crippen LogP contribution < -0.4 is 5.32 Å². The first kappa shape index (κ1) is 14.3. The molecule has 3 nitrogen and oxygen atoms in total. The van der Waals surface area contributed by atoms with Gasteiger partial charge in [0, 0.05) is 18.4 Å². The zero-order chi connectivity index (χ0) is 13.7. The zero-order valence-corrected chi connectivity index (χ0v) is 12.1. The molecule has 1 aliphatic carbocycles. The molecule has 0 bridgehead atoms. The molecule has 4 heteroatoms. The van der Waals surface area contributed by atoms with Crippen LogP contribution in [-0.4, -0.2) is 16.9 Å². The van der Waals surface area contributed by atoms with Gasteiger partial charge in [0.25, 0.3) is 5.91 Å². The van der Waals surface area contributed by atoms with E-state index in [4.69, 9.17) is 11.6 Å². The Morgan fingerprint density at radius 2 is 2.21 bits per heavy atom. The van der Waals surface area contributed by atoms with Crippen molar-refractivity contribution in [2.24, 2.45) is 5.92 Å². The number of amides is 1. The summed E-state index contributed by atoms with van der Waals surface area (Å²) in [5.74, 6) is 0.535. The van der Waals surface area contributed by atoms with Gasteiger partial charge in [-0.3, -0.25) is 9.78 Å². The summed E-state index contributed by atoms with van der Waals surface area (Å²) in [6, 6.07) is 1.93. The number of nitrogens with zero attached hydrogens (tertiary/aromatic N) is 1. The van der Waals surface area contributed by atoms with Gasteiger partial charge in [0.2, 0.25) is 0 Å². The molecule has 2 rings (SSSR count). The van der Waals surface area contributed by atoms with E-state index in [1.165, 1.54) is 38.3 Å². The number of hydrogen-bond acceptors (Lipinski definition) is 2. The van der Waals surface area contributed by atoms with Crippen LogP contribution in [0.25, 0.3) is 0 Å². The molecular formula is C15H21ClN2O. The lowest BCUT2D eigenvalue weighted by molar-refractivity contribution is 0.0911. The molecule has 0 aliphatic heterocycles. The number of hydrogen-bond donors (Lipinski definition) is 1. The van der Waals surface area contributed by atoms with Crippen molar-refractivity contribution < 1.29 is 4.79 Å². The Morgan fingerprint density at radius 1 is 1.47 bits per heavy atom. The predicted molar refractivity (Wildman–Crippen MR) is 77.4 cm³/mol. The van der Waals surface area contributed by atoms with Crippen molar-refractivity contribution in [2.45, 2.75) is 51.5 Å². The Balaban J connectivity index is 2.01. The van der Waals surface area contributed by atoms with Crippen LogP contribution in [0.3, 0.4) is 0 Å². The van der Waals surface area contributed by atoms with Crippen molar-refractivity contribution in [2.75, 3.05) is 0 Å². The first-order chi connectivity index (χ1) is 9.22. The number of halogens is 1. The van der Waals surface area contributed by atoms with Crippen molar-refractivity contribution in [3.8, 4) is 0 Å². The molecule has 1 amide bonds. The maximum atomic E-state index is 12.3. The minimum atomic E-state index is -0.0789. The molecule has 1 aliphatic rings. The summed E-state index contributed by atoms with van der Waals surface area (Å²) in [5.41, 5.74) is 0.519. The second-order valence-electron chi connectivity index (χ2n) is 5.24. The Kier molecular flexibility index (Phi) is 5.20. The van der Waals surface area contributed by atoms with Gasteiger partial charge in [0.05, 0.1) is 10.6 Å². The minimum absolute atomic E-state index is 0.0789. The second-order valence-corrected chi connectivity index (χ2v) is 5.65. The normalized spacial score (nSPS) is 18.0. The summed E-state index contributed by atoms with van der Waals surface area (Å²) in [5, 5.41) is 3.56. The highest BCUT2D eigenvalue weighted by Crippen LogP contribution is 2.28. The maximum absolute atomic E-state index is 12.3. The lowest BCUT2D eigenvalue weighted by atomic mass is 9.83. The topological polar surface area (TPSA) is 42.0 Å². The molecule has 0 spiro atoms. The van der Waals surface area contributed by atoms with Crippen molar-refractivity contribution in [3.05, 3.63) is 29.0 Å². The van der Waals surface area contributed by atoms with E-state index < -0.39 is 0 Å². The Morgan fingerprint density at radius 3 is 2.84 bits per heavy atom. The van der Waals surface area contributed by atoms with Gasteiger partial charge in [-0.15, -0.1) is 0 Å². The molecule has 1 saturated carbocycles. The number of pyridine rings is 1. The standard InChI is InChI=1S/C15H21ClN2O/c1-2-14(11-6-4-3-5-7-11)18-15(19)12-8-9-17-10-13(12)16/h8-11,14H,2-7H2,1H3,(H,18,19). The van der Waals surface area contributed by atoms with Crippen LogP contribution in [0, 0.1) is 5.92 Å². The van der Waals surface area contributed by atoms with Gasteiger partial charge < -0.3 is 5.32 Å². The third kappa shape index (κ3) is 3.69. The van der Waals surface area contributed by atoms with Crippen LogP contribution in [0.15, 0.2) is 18.5 Å². The predicted octanol–water partition coefficient (Wildman–Crippen LogP) is 3.82. The van der Waals surface area contributed by atoms with Crippen molar-refractivity contribution in [3.63, 3.8) is 0 Å². The van der Waals surface area contributed by atoms with Crippen molar-refractivity contribution in [1.82, 2.24) is 10.3 Å². The van der Waals surface area contributed by atoms with Gasteiger partial charge in [-0.25, -0.2) is 0 Å². The number of nitrogens with one attached hydrogen (secondary N) is 1. The molecular weight excluding hydrogens is 260 g/mol. The quantitative estimate of drug-likeness (QED) is 0.911. The zero-order valence-electron chi connectivity index (χ0n) is 11.4. The molecule has 1 aromatic rings. The fraction of sp³-hybridized carbons (Fsp3) is 0.600. The summed E-state index contributed by atoms with van der Waals surface area (Å²) < 4.78 is 0. The van der Waals surface area contributed by atoms with Crippen LogP contribution in [0.4, 0.5) is 0 Å². The Labute approximate surface area is 119 Å². The lowest BCUT2D eigenvalue weighted by Gasteiger charge is -2.30. The molecule has 0 saturated heterocycles. The van der Waals surface area contributed by atoms with Crippen LogP contribution in [0.5, 0.6) is 0 Å². The van der Waals surface area contributed by atoms with Gasteiger partial charge in [-0.1, -0.05) is 37.8 Å². The maximum Gasteiger partial charge on any atom is 0.253 e. The van der Waals surface area contributed by atoms with Crippen LogP contribution in [0.1, 0.15) is 55.8 Å². The van der Waals surface area contributed by atoms with E-state index in [2.05, 4.69) is 17.2 Å². The number of rotatable bonds is 4. The molecule has 0 aromatic carbocycles. The van der Waals surface area contributed by atoms with E-state index in [9.17, 15) is 4.79 Å². The summed E-state index contributed by atoms with van der Waals surface area (Å²) in [4.78, 5) is 16.2. The molecule has 19 heavy (non-hydrogen) atoms. The Hall–Kier alpha value is -1.09. The number of aromatic nitrogens is 1. The summed E-state index contributed by atoms with van der Waals surface area (Å²) >= 11 is 6.01. The smallest absolute Gasteiger partial charge is 0.253 e. The van der Waals surface area contributed by atoms with E-state index in [-0.39, 0.29) is 11.9 Å². The first-order valence-corrected chi connectivity index (χ1v) is 7.50. The van der Waals surface area contributed by atoms with Gasteiger partial charge in [-0.2, -0.15) is 0 Å². The first-order valence-electron chi connectivity index (χ1n) is 7.12. The van der Waals surface area contributed by atoms with Crippen LogP contribution in [-0.2, 0) is 0 Å². The van der Waals surface area contributed by atoms with E-state index in [0.717, 1.165) is 6.42 Å². The van der Waals surface area contributed by atoms with Crippen molar-refractivity contribution >= 4 is 17.5 Å². The number of carbonyl (C=O) groups excluding carboxylic acids is 1. The third-order valence-electron chi connectivity index (χ3n) is 3.99. The SMILES string of the molecule is CCC(NC(=O)c1ccncc1Cl)C1CCCCC1. The monoisotopic (exact) mass is 280 g/mol. The average molecular weight is 281 g/mol. The van der Waals surface area contributed by atoms with E-state index >= 15 is 0 Å². The second kappa shape index (κ2) is 6.90. The molecule has 1 aromatic heterocycles. The molecule has 1 fully saturated rings. The third-order valence-corrected chi connectivity index (χ3v) is 4.29. The minimum Gasteiger partial charge on any atom is -0.349 e. The van der Waals surface area contributed by atoms with Crippen LogP contribution >= 0.6 is 11.6 Å². The molecule has 0 radical (unpaired) electrons. The fourth-order valence-electron chi connectivity index (χ4n) is 2.90. The van der Waals surface area contributed by atoms with E-state index in [1.807, 2.05) is 0 Å². The highest BCUT2D eigenvalue weighted by Gasteiger charge is 2.24. The molecule has 1 unspecified atom stereocenters. The molecule has 104 valence electrons. The summed E-state index contributed by atoms with van der Waals surface area (Å²) in [6.45, 7) is 2.13. The van der Waals surface area contributed by atoms with E-state index in [1.54, 1.807) is 12.3 Å². The lowest BCUT2D eigenvalue weighted by Crippen LogP contribution is -2.40. The average Bonchev–Trinajstić information content (AvgIpc) is 2.46. The van der Waals surface area contributed by atoms with Crippen molar-refractivity contribution in [1.29, 1.82) is 0 Å². The van der Waals surface area contributed by atoms with Gasteiger partial charge in [0.1, 0.15) is 0 Å².